The van der Waals surface area contributed by atoms with Gasteiger partial charge in [-0.25, -0.2) is 0 Å². The minimum absolute atomic E-state index is 0.298. The van der Waals surface area contributed by atoms with Crippen molar-refractivity contribution in [3.05, 3.63) is 71.8 Å². The first-order chi connectivity index (χ1) is 10.2. The molecular weight excluding hydrogens is 258 g/mol. The van der Waals surface area contributed by atoms with Crippen LogP contribution in [0.3, 0.4) is 0 Å². The van der Waals surface area contributed by atoms with Gasteiger partial charge in [-0.3, -0.25) is 0 Å². The molecule has 1 heterocycles. The fourth-order valence-electron chi connectivity index (χ4n) is 3.65. The SMILES string of the molecule is CN1CCCC(c2ccccc2)(c2ccccc2)[C@H](O)C1. The van der Waals surface area contributed by atoms with Crippen LogP contribution in [0.25, 0.3) is 0 Å². The second-order valence-corrected chi connectivity index (χ2v) is 6.08. The number of hydrogen-bond donors (Lipinski definition) is 1. The monoisotopic (exact) mass is 281 g/mol. The zero-order chi connectivity index (χ0) is 14.7. The average molecular weight is 281 g/mol. The maximum atomic E-state index is 11.0. The second-order valence-electron chi connectivity index (χ2n) is 6.08. The summed E-state index contributed by atoms with van der Waals surface area (Å²) < 4.78 is 0. The Labute approximate surface area is 127 Å². The summed E-state index contributed by atoms with van der Waals surface area (Å²) >= 11 is 0. The molecule has 2 aromatic rings. The molecule has 0 spiro atoms. The molecular formula is C19H23NO. The Morgan fingerprint density at radius 1 is 0.952 bits per heavy atom. The van der Waals surface area contributed by atoms with E-state index in [9.17, 15) is 5.11 Å². The first-order valence-electron chi connectivity index (χ1n) is 7.71. The molecule has 0 aromatic heterocycles. The zero-order valence-electron chi connectivity index (χ0n) is 12.6. The summed E-state index contributed by atoms with van der Waals surface area (Å²) in [5.41, 5.74) is 2.14. The van der Waals surface area contributed by atoms with E-state index in [1.54, 1.807) is 0 Å². The Kier molecular flexibility index (Phi) is 4.09. The van der Waals surface area contributed by atoms with Gasteiger partial charge < -0.3 is 10.0 Å². The van der Waals surface area contributed by atoms with Gasteiger partial charge in [0.05, 0.1) is 6.10 Å². The van der Waals surface area contributed by atoms with Crippen molar-refractivity contribution in [2.45, 2.75) is 24.4 Å². The molecule has 0 radical (unpaired) electrons. The molecule has 1 aliphatic rings. The van der Waals surface area contributed by atoms with Crippen LogP contribution in [0.4, 0.5) is 0 Å². The Morgan fingerprint density at radius 2 is 1.48 bits per heavy atom. The highest BCUT2D eigenvalue weighted by atomic mass is 16.3. The first kappa shape index (κ1) is 14.3. The fourth-order valence-corrected chi connectivity index (χ4v) is 3.65. The van der Waals surface area contributed by atoms with Crippen LogP contribution in [0.2, 0.25) is 0 Å². The fraction of sp³-hybridized carbons (Fsp3) is 0.368. The number of rotatable bonds is 2. The highest BCUT2D eigenvalue weighted by Gasteiger charge is 2.42. The van der Waals surface area contributed by atoms with Crippen molar-refractivity contribution in [1.82, 2.24) is 4.90 Å². The molecule has 110 valence electrons. The maximum Gasteiger partial charge on any atom is 0.0803 e. The molecule has 1 saturated heterocycles. The Bertz CT molecular complexity index is 527. The summed E-state index contributed by atoms with van der Waals surface area (Å²) in [6, 6.07) is 21.0. The van der Waals surface area contributed by atoms with Crippen LogP contribution in [-0.2, 0) is 5.41 Å². The largest absolute Gasteiger partial charge is 0.391 e. The lowest BCUT2D eigenvalue weighted by Gasteiger charge is -2.38. The van der Waals surface area contributed by atoms with Gasteiger partial charge in [0.25, 0.3) is 0 Å². The predicted molar refractivity (Wildman–Crippen MR) is 86.4 cm³/mol. The summed E-state index contributed by atoms with van der Waals surface area (Å²) in [4.78, 5) is 2.23. The summed E-state index contributed by atoms with van der Waals surface area (Å²) in [5.74, 6) is 0. The van der Waals surface area contributed by atoms with Crippen LogP contribution in [0.1, 0.15) is 24.0 Å². The third-order valence-electron chi connectivity index (χ3n) is 4.74. The second kappa shape index (κ2) is 6.00. The average Bonchev–Trinajstić information content (AvgIpc) is 2.68. The molecule has 3 rings (SSSR count). The molecule has 21 heavy (non-hydrogen) atoms. The number of likely N-dealkylation sites (tertiary alicyclic amines) is 1. The van der Waals surface area contributed by atoms with Gasteiger partial charge in [-0.2, -0.15) is 0 Å². The molecule has 2 aromatic carbocycles. The number of hydrogen-bond acceptors (Lipinski definition) is 2. The number of aliphatic hydroxyl groups is 1. The predicted octanol–water partition coefficient (Wildman–Crippen LogP) is 3.06. The van der Waals surface area contributed by atoms with Crippen molar-refractivity contribution in [1.29, 1.82) is 0 Å². The lowest BCUT2D eigenvalue weighted by atomic mass is 9.68. The van der Waals surface area contributed by atoms with Crippen LogP contribution >= 0.6 is 0 Å². The minimum Gasteiger partial charge on any atom is -0.391 e. The molecule has 0 saturated carbocycles. The topological polar surface area (TPSA) is 23.5 Å². The molecule has 2 nitrogen and oxygen atoms in total. The summed E-state index contributed by atoms with van der Waals surface area (Å²) in [5, 5.41) is 11.0. The Hall–Kier alpha value is -1.64. The lowest BCUT2D eigenvalue weighted by molar-refractivity contribution is 0.0814. The first-order valence-corrected chi connectivity index (χ1v) is 7.71. The van der Waals surface area contributed by atoms with E-state index < -0.39 is 6.10 Å². The third kappa shape index (κ3) is 2.61. The minimum atomic E-state index is -0.394. The normalized spacial score (nSPS) is 22.7. The van der Waals surface area contributed by atoms with Gasteiger partial charge >= 0.3 is 0 Å². The van der Waals surface area contributed by atoms with Crippen molar-refractivity contribution >= 4 is 0 Å². The highest BCUT2D eigenvalue weighted by Crippen LogP contribution is 2.41. The highest BCUT2D eigenvalue weighted by molar-refractivity contribution is 5.41. The van der Waals surface area contributed by atoms with E-state index in [1.165, 1.54) is 11.1 Å². The number of likely N-dealkylation sites (N-methyl/N-ethyl adjacent to an activating group) is 1. The van der Waals surface area contributed by atoms with E-state index in [0.29, 0.717) is 6.54 Å². The van der Waals surface area contributed by atoms with Gasteiger partial charge in [0.15, 0.2) is 0 Å². The van der Waals surface area contributed by atoms with Crippen LogP contribution in [0.15, 0.2) is 60.7 Å². The van der Waals surface area contributed by atoms with Crippen LogP contribution in [0, 0.1) is 0 Å². The van der Waals surface area contributed by atoms with Gasteiger partial charge in [-0.15, -0.1) is 0 Å². The molecule has 2 heteroatoms. The van der Waals surface area contributed by atoms with Crippen molar-refractivity contribution in [2.75, 3.05) is 20.1 Å². The Balaban J connectivity index is 2.15. The van der Waals surface area contributed by atoms with Gasteiger partial charge in [0.1, 0.15) is 0 Å². The zero-order valence-corrected chi connectivity index (χ0v) is 12.6. The van der Waals surface area contributed by atoms with Gasteiger partial charge in [0.2, 0.25) is 0 Å². The standard InChI is InChI=1S/C19H23NO/c1-20-14-8-13-19(18(21)15-20,16-9-4-2-5-10-16)17-11-6-3-7-12-17/h2-7,9-12,18,21H,8,13-15H2,1H3/t18-/m1/s1. The van der Waals surface area contributed by atoms with Crippen molar-refractivity contribution in [3.63, 3.8) is 0 Å². The smallest absolute Gasteiger partial charge is 0.0803 e. The van der Waals surface area contributed by atoms with Crippen LogP contribution in [0.5, 0.6) is 0 Å². The maximum absolute atomic E-state index is 11.0. The molecule has 1 fully saturated rings. The van der Waals surface area contributed by atoms with Crippen molar-refractivity contribution in [3.8, 4) is 0 Å². The molecule has 1 atom stereocenters. The van der Waals surface area contributed by atoms with Crippen molar-refractivity contribution < 1.29 is 5.11 Å². The summed E-state index contributed by atoms with van der Waals surface area (Å²) in [6.07, 6.45) is 1.68. The lowest BCUT2D eigenvalue weighted by Crippen LogP contribution is -2.44. The summed E-state index contributed by atoms with van der Waals surface area (Å²) in [6.45, 7) is 1.75. The van der Waals surface area contributed by atoms with E-state index in [1.807, 2.05) is 12.1 Å². The number of benzene rings is 2. The molecule has 1 N–H and O–H groups in total. The number of nitrogens with zero attached hydrogens (tertiary/aromatic N) is 1. The summed E-state index contributed by atoms with van der Waals surface area (Å²) in [7, 11) is 2.09. The van der Waals surface area contributed by atoms with Gasteiger partial charge in [-0.05, 0) is 37.6 Å². The van der Waals surface area contributed by atoms with E-state index in [4.69, 9.17) is 0 Å². The molecule has 0 bridgehead atoms. The van der Waals surface area contributed by atoms with E-state index >= 15 is 0 Å². The van der Waals surface area contributed by atoms with Crippen molar-refractivity contribution in [2.24, 2.45) is 0 Å². The van der Waals surface area contributed by atoms with E-state index in [0.717, 1.165) is 19.4 Å². The molecule has 0 amide bonds. The van der Waals surface area contributed by atoms with Crippen LogP contribution < -0.4 is 0 Å². The number of aliphatic hydroxyl groups excluding tert-OH is 1. The molecule has 0 aliphatic carbocycles. The van der Waals surface area contributed by atoms with Gasteiger partial charge in [-0.1, -0.05) is 60.7 Å². The molecule has 1 aliphatic heterocycles. The van der Waals surface area contributed by atoms with E-state index in [2.05, 4.69) is 60.5 Å². The van der Waals surface area contributed by atoms with Crippen LogP contribution in [-0.4, -0.2) is 36.2 Å². The third-order valence-corrected chi connectivity index (χ3v) is 4.74. The van der Waals surface area contributed by atoms with E-state index in [-0.39, 0.29) is 5.41 Å². The Morgan fingerprint density at radius 3 is 2.00 bits per heavy atom. The molecule has 0 unspecified atom stereocenters. The quantitative estimate of drug-likeness (QED) is 0.914. The number of β-amino-alcohol motifs (C(OH)–C–C–N with tert-alkyl or cyclic N) is 1. The van der Waals surface area contributed by atoms with Gasteiger partial charge in [0, 0.05) is 12.0 Å².